The molecule has 0 unspecified atom stereocenters. The van der Waals surface area contributed by atoms with Crippen LogP contribution in [-0.4, -0.2) is 38.8 Å². The highest BCUT2D eigenvalue weighted by atomic mass is 19.1. The van der Waals surface area contributed by atoms with E-state index in [-0.39, 0.29) is 11.8 Å². The minimum atomic E-state index is -0.191. The molecule has 1 N–H and O–H groups in total. The van der Waals surface area contributed by atoms with Gasteiger partial charge in [0.2, 0.25) is 0 Å². The molecule has 0 atom stereocenters. The van der Waals surface area contributed by atoms with Gasteiger partial charge in [-0.3, -0.25) is 4.68 Å². The molecule has 0 aliphatic carbocycles. The number of fused-ring (bicyclic) bond motifs is 1. The van der Waals surface area contributed by atoms with Crippen LogP contribution in [0.15, 0.2) is 36.5 Å². The Labute approximate surface area is 163 Å². The second-order valence-corrected chi connectivity index (χ2v) is 7.50. The maximum Gasteiger partial charge on any atom is 0.321 e. The van der Waals surface area contributed by atoms with Gasteiger partial charge in [-0.05, 0) is 55.9 Å². The Morgan fingerprint density at radius 3 is 2.82 bits per heavy atom. The van der Waals surface area contributed by atoms with E-state index in [0.29, 0.717) is 24.7 Å². The molecular weight excluding hydrogens is 357 g/mol. The number of likely N-dealkylation sites (tertiary alicyclic amines) is 1. The first-order valence-corrected chi connectivity index (χ1v) is 9.59. The zero-order valence-electron chi connectivity index (χ0n) is 16.2. The average Bonchev–Trinajstić information content (AvgIpc) is 2.96. The molecule has 0 saturated carbocycles. The third-order valence-electron chi connectivity index (χ3n) is 5.43. The summed E-state index contributed by atoms with van der Waals surface area (Å²) in [7, 11) is 1.86. The molecule has 1 aliphatic rings. The molecule has 1 fully saturated rings. The van der Waals surface area contributed by atoms with Crippen molar-refractivity contribution in [3.8, 4) is 0 Å². The number of rotatable bonds is 3. The molecule has 6 nitrogen and oxygen atoms in total. The van der Waals surface area contributed by atoms with Crippen molar-refractivity contribution >= 4 is 22.8 Å². The van der Waals surface area contributed by atoms with Gasteiger partial charge >= 0.3 is 6.03 Å². The number of amides is 2. The SMILES string of the molecule is Cc1nn(C)c2ncc(NC(=O)N3CCC(Cc4cccc(F)c4)CC3)cc12. The highest BCUT2D eigenvalue weighted by Gasteiger charge is 2.23. The Balaban J connectivity index is 1.34. The number of hydrogen-bond donors (Lipinski definition) is 1. The summed E-state index contributed by atoms with van der Waals surface area (Å²) in [6.07, 6.45) is 4.36. The molecular formula is C21H24FN5O. The minimum Gasteiger partial charge on any atom is -0.325 e. The number of aromatic nitrogens is 3. The number of urea groups is 1. The molecule has 7 heteroatoms. The summed E-state index contributed by atoms with van der Waals surface area (Å²) in [6.45, 7) is 3.33. The van der Waals surface area contributed by atoms with Crippen molar-refractivity contribution < 1.29 is 9.18 Å². The minimum absolute atomic E-state index is 0.105. The molecule has 0 radical (unpaired) electrons. The van der Waals surface area contributed by atoms with Crippen LogP contribution >= 0.6 is 0 Å². The standard InChI is InChI=1S/C21H24FN5O/c1-14-19-12-18(13-23-20(19)26(2)25-14)24-21(28)27-8-6-15(7-9-27)10-16-4-3-5-17(22)11-16/h3-5,11-13,15H,6-10H2,1-2H3,(H,24,28). The van der Waals surface area contributed by atoms with Crippen LogP contribution in [0.3, 0.4) is 0 Å². The third-order valence-corrected chi connectivity index (χ3v) is 5.43. The molecule has 0 spiro atoms. The van der Waals surface area contributed by atoms with E-state index in [0.717, 1.165) is 41.6 Å². The lowest BCUT2D eigenvalue weighted by molar-refractivity contribution is 0.182. The number of nitrogens with one attached hydrogen (secondary N) is 1. The fraction of sp³-hybridized carbons (Fsp3) is 0.381. The summed E-state index contributed by atoms with van der Waals surface area (Å²) in [5.41, 5.74) is 3.39. The zero-order chi connectivity index (χ0) is 19.7. The van der Waals surface area contributed by atoms with Gasteiger partial charge in [-0.1, -0.05) is 12.1 Å². The van der Waals surface area contributed by atoms with Crippen LogP contribution in [0.25, 0.3) is 11.0 Å². The van der Waals surface area contributed by atoms with E-state index in [1.165, 1.54) is 6.07 Å². The van der Waals surface area contributed by atoms with Crippen LogP contribution in [0, 0.1) is 18.7 Å². The van der Waals surface area contributed by atoms with Gasteiger partial charge in [-0.15, -0.1) is 0 Å². The molecule has 0 bridgehead atoms. The van der Waals surface area contributed by atoms with Crippen molar-refractivity contribution in [2.45, 2.75) is 26.2 Å². The van der Waals surface area contributed by atoms with Crippen LogP contribution in [0.5, 0.6) is 0 Å². The van der Waals surface area contributed by atoms with Crippen LogP contribution in [0.1, 0.15) is 24.1 Å². The number of nitrogens with zero attached hydrogens (tertiary/aromatic N) is 4. The van der Waals surface area contributed by atoms with E-state index < -0.39 is 0 Å². The van der Waals surface area contributed by atoms with Crippen molar-refractivity contribution in [3.05, 3.63) is 53.6 Å². The summed E-state index contributed by atoms with van der Waals surface area (Å²) >= 11 is 0. The van der Waals surface area contributed by atoms with E-state index in [9.17, 15) is 9.18 Å². The Bertz CT molecular complexity index is 1010. The lowest BCUT2D eigenvalue weighted by atomic mass is 9.90. The molecule has 1 saturated heterocycles. The number of carbonyl (C=O) groups is 1. The van der Waals surface area contributed by atoms with Crippen molar-refractivity contribution in [3.63, 3.8) is 0 Å². The largest absolute Gasteiger partial charge is 0.325 e. The Hall–Kier alpha value is -2.96. The molecule has 2 aromatic heterocycles. The Kier molecular flexibility index (Phi) is 4.98. The van der Waals surface area contributed by atoms with Gasteiger partial charge in [-0.2, -0.15) is 5.10 Å². The lowest BCUT2D eigenvalue weighted by Crippen LogP contribution is -2.41. The van der Waals surface area contributed by atoms with Crippen molar-refractivity contribution in [2.75, 3.05) is 18.4 Å². The van der Waals surface area contributed by atoms with E-state index in [1.807, 2.05) is 31.0 Å². The number of carbonyl (C=O) groups excluding carboxylic acids is 1. The van der Waals surface area contributed by atoms with Gasteiger partial charge in [0.1, 0.15) is 5.82 Å². The molecule has 2 amide bonds. The van der Waals surface area contributed by atoms with Crippen molar-refractivity contribution in [1.82, 2.24) is 19.7 Å². The van der Waals surface area contributed by atoms with Crippen LogP contribution in [0.4, 0.5) is 14.9 Å². The summed E-state index contributed by atoms with van der Waals surface area (Å²) < 4.78 is 15.1. The average molecular weight is 381 g/mol. The van der Waals surface area contributed by atoms with Gasteiger partial charge < -0.3 is 10.2 Å². The Morgan fingerprint density at radius 1 is 1.29 bits per heavy atom. The van der Waals surface area contributed by atoms with Gasteiger partial charge in [0.15, 0.2) is 5.65 Å². The topological polar surface area (TPSA) is 63.1 Å². The third kappa shape index (κ3) is 3.83. The Morgan fingerprint density at radius 2 is 2.07 bits per heavy atom. The summed E-state index contributed by atoms with van der Waals surface area (Å²) in [5, 5.41) is 8.25. The normalized spacial score (nSPS) is 15.2. The smallest absolute Gasteiger partial charge is 0.321 e. The number of pyridine rings is 1. The first-order chi connectivity index (χ1) is 13.5. The van der Waals surface area contributed by atoms with Crippen LogP contribution < -0.4 is 5.32 Å². The number of piperidine rings is 1. The molecule has 28 heavy (non-hydrogen) atoms. The van der Waals surface area contributed by atoms with Crippen LogP contribution in [-0.2, 0) is 13.5 Å². The second-order valence-electron chi connectivity index (χ2n) is 7.50. The molecule has 4 rings (SSSR count). The summed E-state index contributed by atoms with van der Waals surface area (Å²) in [6, 6.07) is 8.60. The van der Waals surface area contributed by atoms with Gasteiger partial charge in [-0.25, -0.2) is 14.2 Å². The fourth-order valence-corrected chi connectivity index (χ4v) is 3.92. The number of anilines is 1. The second kappa shape index (κ2) is 7.58. The van der Waals surface area contributed by atoms with E-state index in [4.69, 9.17) is 0 Å². The first-order valence-electron chi connectivity index (χ1n) is 9.59. The molecule has 3 heterocycles. The summed E-state index contributed by atoms with van der Waals surface area (Å²) in [5.74, 6) is 0.283. The highest BCUT2D eigenvalue weighted by Crippen LogP contribution is 2.24. The van der Waals surface area contributed by atoms with Crippen molar-refractivity contribution in [1.29, 1.82) is 0 Å². The molecule has 1 aliphatic heterocycles. The molecule has 146 valence electrons. The summed E-state index contributed by atoms with van der Waals surface area (Å²) in [4.78, 5) is 18.9. The van der Waals surface area contributed by atoms with Gasteiger partial charge in [0, 0.05) is 25.5 Å². The maximum atomic E-state index is 13.3. The predicted molar refractivity (Wildman–Crippen MR) is 107 cm³/mol. The molecule has 1 aromatic carbocycles. The van der Waals surface area contributed by atoms with E-state index in [1.54, 1.807) is 23.0 Å². The quantitative estimate of drug-likeness (QED) is 0.748. The van der Waals surface area contributed by atoms with Crippen LogP contribution in [0.2, 0.25) is 0 Å². The first kappa shape index (κ1) is 18.4. The predicted octanol–water partition coefficient (Wildman–Crippen LogP) is 3.90. The van der Waals surface area contributed by atoms with Gasteiger partial charge in [0.25, 0.3) is 0 Å². The fourth-order valence-electron chi connectivity index (χ4n) is 3.92. The number of hydrogen-bond acceptors (Lipinski definition) is 3. The van der Waals surface area contributed by atoms with E-state index in [2.05, 4.69) is 15.4 Å². The number of aryl methyl sites for hydroxylation is 2. The maximum absolute atomic E-state index is 13.3. The molecule has 3 aromatic rings. The zero-order valence-corrected chi connectivity index (χ0v) is 16.2. The highest BCUT2D eigenvalue weighted by molar-refractivity contribution is 5.92. The van der Waals surface area contributed by atoms with E-state index >= 15 is 0 Å². The number of halogens is 1. The number of benzene rings is 1. The van der Waals surface area contributed by atoms with Crippen molar-refractivity contribution in [2.24, 2.45) is 13.0 Å². The lowest BCUT2D eigenvalue weighted by Gasteiger charge is -2.32. The monoisotopic (exact) mass is 381 g/mol. The van der Waals surface area contributed by atoms with Gasteiger partial charge in [0.05, 0.1) is 17.6 Å².